The number of hydrogen-bond donors (Lipinski definition) is 1. The van der Waals surface area contributed by atoms with Gasteiger partial charge < -0.3 is 19.4 Å². The smallest absolute Gasteiger partial charge is 0.324 e. The zero-order chi connectivity index (χ0) is 25.9. The molecule has 0 fully saturated rings. The lowest BCUT2D eigenvalue weighted by Crippen LogP contribution is -2.42. The lowest BCUT2D eigenvalue weighted by molar-refractivity contribution is -0.153. The average molecular weight is 510 g/mol. The van der Waals surface area contributed by atoms with Crippen LogP contribution in [0.5, 0.6) is 5.75 Å². The van der Waals surface area contributed by atoms with Crippen LogP contribution in [-0.4, -0.2) is 45.9 Å². The fourth-order valence-electron chi connectivity index (χ4n) is 4.49. The Bertz CT molecular complexity index is 1340. The first-order chi connectivity index (χ1) is 17.2. The summed E-state index contributed by atoms with van der Waals surface area (Å²) < 4.78 is 38.8. The molecule has 3 aromatic carbocycles. The highest BCUT2D eigenvalue weighted by molar-refractivity contribution is 7.86. The summed E-state index contributed by atoms with van der Waals surface area (Å²) in [6.45, 7) is 1.76. The molecule has 8 nitrogen and oxygen atoms in total. The van der Waals surface area contributed by atoms with Crippen molar-refractivity contribution in [2.75, 3.05) is 19.5 Å². The van der Waals surface area contributed by atoms with Crippen molar-refractivity contribution in [3.05, 3.63) is 89.5 Å². The monoisotopic (exact) mass is 509 g/mol. The van der Waals surface area contributed by atoms with Gasteiger partial charge in [0, 0.05) is 5.92 Å². The first kappa shape index (κ1) is 25.4. The van der Waals surface area contributed by atoms with E-state index in [-0.39, 0.29) is 30.4 Å². The number of hydrogen-bond acceptors (Lipinski definition) is 8. The van der Waals surface area contributed by atoms with Crippen molar-refractivity contribution >= 4 is 22.1 Å². The fourth-order valence-corrected chi connectivity index (χ4v) is 4.95. The van der Waals surface area contributed by atoms with Crippen LogP contribution < -0.4 is 9.92 Å². The molecule has 2 atom stereocenters. The molecule has 1 aliphatic carbocycles. The molecule has 0 radical (unpaired) electrons. The number of esters is 2. The van der Waals surface area contributed by atoms with E-state index in [4.69, 9.17) is 19.4 Å². The molecule has 3 aromatic rings. The van der Waals surface area contributed by atoms with Crippen molar-refractivity contribution in [2.24, 2.45) is 5.73 Å². The van der Waals surface area contributed by atoms with Crippen LogP contribution in [0.25, 0.3) is 11.1 Å². The second kappa shape index (κ2) is 10.5. The topological polar surface area (TPSA) is 122 Å². The molecule has 2 N–H and O–H groups in total. The minimum Gasteiger partial charge on any atom is -0.465 e. The quantitative estimate of drug-likeness (QED) is 0.344. The summed E-state index contributed by atoms with van der Waals surface area (Å²) in [6.07, 6.45) is 0.908. The first-order valence-corrected chi connectivity index (χ1v) is 13.3. The predicted molar refractivity (Wildman–Crippen MR) is 134 cm³/mol. The number of fused-ring (bicyclic) bond motifs is 3. The summed E-state index contributed by atoms with van der Waals surface area (Å²) in [7, 11) is -3.79. The molecule has 9 heteroatoms. The van der Waals surface area contributed by atoms with Crippen LogP contribution in [0.15, 0.2) is 72.8 Å². The van der Waals surface area contributed by atoms with Crippen LogP contribution in [0.4, 0.5) is 0 Å². The number of carbonyl (C=O) groups is 2. The maximum atomic E-state index is 13.1. The lowest BCUT2D eigenvalue weighted by atomic mass is 9.91. The van der Waals surface area contributed by atoms with Crippen LogP contribution in [-0.2, 0) is 29.2 Å². The zero-order valence-electron chi connectivity index (χ0n) is 19.9. The molecule has 36 heavy (non-hydrogen) atoms. The van der Waals surface area contributed by atoms with Gasteiger partial charge in [0.2, 0.25) is 0 Å². The Balaban J connectivity index is 1.56. The molecule has 0 heterocycles. The van der Waals surface area contributed by atoms with E-state index in [0.29, 0.717) is 0 Å². The van der Waals surface area contributed by atoms with E-state index < -0.39 is 34.0 Å². The van der Waals surface area contributed by atoms with Crippen LogP contribution in [0.1, 0.15) is 35.4 Å². The van der Waals surface area contributed by atoms with E-state index >= 15 is 0 Å². The molecule has 0 bridgehead atoms. The highest BCUT2D eigenvalue weighted by atomic mass is 32.2. The van der Waals surface area contributed by atoms with Gasteiger partial charge in [-0.3, -0.25) is 9.59 Å². The number of ether oxygens (including phenoxy) is 2. The normalized spacial score (nSPS) is 14.3. The van der Waals surface area contributed by atoms with Crippen molar-refractivity contribution in [2.45, 2.75) is 24.8 Å². The van der Waals surface area contributed by atoms with Gasteiger partial charge in [-0.05, 0) is 46.9 Å². The summed E-state index contributed by atoms with van der Waals surface area (Å²) >= 11 is 0. The molecule has 188 valence electrons. The molecule has 0 saturated heterocycles. The van der Waals surface area contributed by atoms with E-state index in [1.54, 1.807) is 13.0 Å². The second-order valence-electron chi connectivity index (χ2n) is 8.47. The third-order valence-electron chi connectivity index (χ3n) is 5.99. The molecule has 2 unspecified atom stereocenters. The number of nitrogens with two attached hydrogens (primary N) is 1. The number of rotatable bonds is 9. The molecule has 0 spiro atoms. The molecule has 0 saturated carbocycles. The Labute approximate surface area is 210 Å². The predicted octanol–water partition coefficient (Wildman–Crippen LogP) is 3.35. The standard InChI is InChI=1S/C27H27NO7S/c1-3-33-26(29)24(17-9-8-10-18(15-17)35-36(2,31)32)25(28)27(30)34-16-23-21-13-6-4-11-19(21)20-12-5-7-14-22(20)23/h4-15,23-25H,3,16,28H2,1-2H3. The number of carbonyl (C=O) groups excluding carboxylic acids is 2. The molecule has 1 aliphatic rings. The highest BCUT2D eigenvalue weighted by Gasteiger charge is 2.36. The van der Waals surface area contributed by atoms with Gasteiger partial charge in [-0.25, -0.2) is 0 Å². The van der Waals surface area contributed by atoms with E-state index in [9.17, 15) is 18.0 Å². The maximum absolute atomic E-state index is 13.1. The largest absolute Gasteiger partial charge is 0.465 e. The van der Waals surface area contributed by atoms with Crippen molar-refractivity contribution in [3.63, 3.8) is 0 Å². The van der Waals surface area contributed by atoms with Crippen molar-refractivity contribution in [1.82, 2.24) is 0 Å². The molecule has 0 aromatic heterocycles. The highest BCUT2D eigenvalue weighted by Crippen LogP contribution is 2.44. The molecule has 0 aliphatic heterocycles. The summed E-state index contributed by atoms with van der Waals surface area (Å²) in [5.41, 5.74) is 10.8. The fraction of sp³-hybridized carbons (Fsp3) is 0.259. The Morgan fingerprint density at radius 2 is 1.50 bits per heavy atom. The number of benzene rings is 3. The van der Waals surface area contributed by atoms with Crippen LogP contribution in [0.2, 0.25) is 0 Å². The minimum absolute atomic E-state index is 0.0102. The molecular formula is C27H27NO7S. The van der Waals surface area contributed by atoms with E-state index in [1.807, 2.05) is 48.5 Å². The van der Waals surface area contributed by atoms with Gasteiger partial charge in [0.25, 0.3) is 0 Å². The maximum Gasteiger partial charge on any atom is 0.324 e. The van der Waals surface area contributed by atoms with Crippen LogP contribution in [0, 0.1) is 0 Å². The summed E-state index contributed by atoms with van der Waals surface area (Å²) in [4.78, 5) is 25.9. The van der Waals surface area contributed by atoms with Crippen LogP contribution in [0.3, 0.4) is 0 Å². The van der Waals surface area contributed by atoms with E-state index in [0.717, 1.165) is 28.5 Å². The van der Waals surface area contributed by atoms with Crippen molar-refractivity contribution < 1.29 is 31.7 Å². The first-order valence-electron chi connectivity index (χ1n) is 11.5. The van der Waals surface area contributed by atoms with E-state index in [2.05, 4.69) is 0 Å². The Morgan fingerprint density at radius 3 is 2.08 bits per heavy atom. The van der Waals surface area contributed by atoms with Crippen molar-refractivity contribution in [3.8, 4) is 16.9 Å². The molecule has 0 amide bonds. The average Bonchev–Trinajstić information content (AvgIpc) is 3.16. The SMILES string of the molecule is CCOC(=O)C(c1cccc(OS(C)(=O)=O)c1)C(N)C(=O)OCC1c2ccccc2-c2ccccc21. The minimum atomic E-state index is -3.79. The Morgan fingerprint density at radius 1 is 0.889 bits per heavy atom. The van der Waals surface area contributed by atoms with Crippen molar-refractivity contribution in [1.29, 1.82) is 0 Å². The third kappa shape index (κ3) is 5.42. The van der Waals surface area contributed by atoms with Gasteiger partial charge in [0.15, 0.2) is 0 Å². The Kier molecular flexibility index (Phi) is 7.42. The summed E-state index contributed by atoms with van der Waals surface area (Å²) in [6, 6.07) is 20.3. The zero-order valence-corrected chi connectivity index (χ0v) is 20.7. The van der Waals surface area contributed by atoms with Gasteiger partial charge in [0.05, 0.1) is 12.9 Å². The third-order valence-corrected chi connectivity index (χ3v) is 6.49. The molecule has 4 rings (SSSR count). The van der Waals surface area contributed by atoms with Gasteiger partial charge in [0.1, 0.15) is 24.3 Å². The lowest BCUT2D eigenvalue weighted by Gasteiger charge is -2.23. The van der Waals surface area contributed by atoms with Crippen LogP contribution >= 0.6 is 0 Å². The summed E-state index contributed by atoms with van der Waals surface area (Å²) in [5, 5.41) is 0. The second-order valence-corrected chi connectivity index (χ2v) is 10.0. The van der Waals surface area contributed by atoms with Gasteiger partial charge >= 0.3 is 22.1 Å². The van der Waals surface area contributed by atoms with E-state index in [1.165, 1.54) is 18.2 Å². The molecular weight excluding hydrogens is 482 g/mol. The Hall–Kier alpha value is -3.69. The summed E-state index contributed by atoms with van der Waals surface area (Å²) in [5.74, 6) is -2.90. The van der Waals surface area contributed by atoms with Gasteiger partial charge in [-0.1, -0.05) is 60.7 Å². The van der Waals surface area contributed by atoms with Gasteiger partial charge in [-0.2, -0.15) is 8.42 Å². The van der Waals surface area contributed by atoms with Gasteiger partial charge in [-0.15, -0.1) is 0 Å².